The number of hydrogen-bond donors (Lipinski definition) is 2. The highest BCUT2D eigenvalue weighted by molar-refractivity contribution is 5.75. The smallest absolute Gasteiger partial charge is 0.176 e. The summed E-state index contributed by atoms with van der Waals surface area (Å²) in [5, 5.41) is 18.0. The molecule has 0 fully saturated rings. The maximum atomic E-state index is 13.2. The van der Waals surface area contributed by atoms with E-state index in [4.69, 9.17) is 9.47 Å². The second-order valence-electron chi connectivity index (χ2n) is 7.19. The SMILES string of the molecule is CCc1cc(-c2n[nH]c(C)c2Oc2ccc(F)cc2)c(O)cc1OCc1ccccc1. The van der Waals surface area contributed by atoms with Gasteiger partial charge < -0.3 is 14.6 Å². The fraction of sp³-hybridized carbons (Fsp3) is 0.160. The van der Waals surface area contributed by atoms with Crippen LogP contribution in [0.1, 0.15) is 23.7 Å². The van der Waals surface area contributed by atoms with Crippen LogP contribution in [-0.4, -0.2) is 15.3 Å². The molecule has 5 nitrogen and oxygen atoms in total. The van der Waals surface area contributed by atoms with Gasteiger partial charge in [-0.05, 0) is 54.8 Å². The van der Waals surface area contributed by atoms with E-state index in [9.17, 15) is 9.50 Å². The van der Waals surface area contributed by atoms with Gasteiger partial charge in [0.05, 0.1) is 5.69 Å². The molecule has 3 aromatic carbocycles. The van der Waals surface area contributed by atoms with Crippen molar-refractivity contribution < 1.29 is 19.0 Å². The molecule has 0 amide bonds. The van der Waals surface area contributed by atoms with E-state index in [0.29, 0.717) is 40.8 Å². The predicted octanol–water partition coefficient (Wildman–Crippen LogP) is 6.16. The van der Waals surface area contributed by atoms with Gasteiger partial charge in [0.25, 0.3) is 0 Å². The van der Waals surface area contributed by atoms with Gasteiger partial charge in [-0.15, -0.1) is 0 Å². The topological polar surface area (TPSA) is 67.4 Å². The maximum absolute atomic E-state index is 13.2. The van der Waals surface area contributed by atoms with Gasteiger partial charge in [-0.25, -0.2) is 4.39 Å². The van der Waals surface area contributed by atoms with Crippen LogP contribution < -0.4 is 9.47 Å². The summed E-state index contributed by atoms with van der Waals surface area (Å²) >= 11 is 0. The zero-order chi connectivity index (χ0) is 21.8. The average molecular weight is 418 g/mol. The minimum absolute atomic E-state index is 0.0377. The van der Waals surface area contributed by atoms with Crippen molar-refractivity contribution in [2.75, 3.05) is 0 Å². The van der Waals surface area contributed by atoms with E-state index in [1.165, 1.54) is 12.1 Å². The number of nitrogens with zero attached hydrogens (tertiary/aromatic N) is 1. The van der Waals surface area contributed by atoms with Crippen LogP contribution >= 0.6 is 0 Å². The number of aromatic hydroxyl groups is 1. The van der Waals surface area contributed by atoms with Crippen molar-refractivity contribution in [2.24, 2.45) is 0 Å². The summed E-state index contributed by atoms with van der Waals surface area (Å²) in [6, 6.07) is 19.1. The minimum Gasteiger partial charge on any atom is -0.507 e. The quantitative estimate of drug-likeness (QED) is 0.377. The highest BCUT2D eigenvalue weighted by Gasteiger charge is 2.20. The molecule has 0 bridgehead atoms. The van der Waals surface area contributed by atoms with Crippen LogP contribution in [-0.2, 0) is 13.0 Å². The number of nitrogens with one attached hydrogen (secondary N) is 1. The number of ether oxygens (including phenoxy) is 2. The monoisotopic (exact) mass is 418 g/mol. The molecular formula is C25H23FN2O3. The Balaban J connectivity index is 1.65. The zero-order valence-electron chi connectivity index (χ0n) is 17.4. The van der Waals surface area contributed by atoms with E-state index in [0.717, 1.165) is 17.5 Å². The first-order valence-electron chi connectivity index (χ1n) is 10.1. The van der Waals surface area contributed by atoms with E-state index >= 15 is 0 Å². The fourth-order valence-corrected chi connectivity index (χ4v) is 3.30. The number of halogens is 1. The van der Waals surface area contributed by atoms with Crippen LogP contribution in [0.2, 0.25) is 0 Å². The van der Waals surface area contributed by atoms with Crippen molar-refractivity contribution in [3.63, 3.8) is 0 Å². The molecule has 0 aliphatic heterocycles. The van der Waals surface area contributed by atoms with Crippen LogP contribution in [0.5, 0.6) is 23.0 Å². The standard InChI is InChI=1S/C25H23FN2O3/c1-3-18-13-21(22(29)14-23(18)30-15-17-7-5-4-6-8-17)24-25(16(2)27-28-24)31-20-11-9-19(26)10-12-20/h4-14,29H,3,15H2,1-2H3,(H,27,28). The lowest BCUT2D eigenvalue weighted by Gasteiger charge is -2.14. The Morgan fingerprint density at radius 1 is 1.03 bits per heavy atom. The summed E-state index contributed by atoms with van der Waals surface area (Å²) in [6.07, 6.45) is 0.717. The molecule has 0 saturated heterocycles. The number of aromatic amines is 1. The Labute approximate surface area is 180 Å². The van der Waals surface area contributed by atoms with Crippen molar-refractivity contribution in [2.45, 2.75) is 26.9 Å². The van der Waals surface area contributed by atoms with Crippen molar-refractivity contribution >= 4 is 0 Å². The Morgan fingerprint density at radius 2 is 1.77 bits per heavy atom. The van der Waals surface area contributed by atoms with Crippen LogP contribution in [0.15, 0.2) is 66.7 Å². The molecule has 4 rings (SSSR count). The van der Waals surface area contributed by atoms with Gasteiger partial charge in [0.15, 0.2) is 5.75 Å². The van der Waals surface area contributed by atoms with Gasteiger partial charge in [0.2, 0.25) is 0 Å². The second-order valence-corrected chi connectivity index (χ2v) is 7.19. The largest absolute Gasteiger partial charge is 0.507 e. The predicted molar refractivity (Wildman–Crippen MR) is 117 cm³/mol. The van der Waals surface area contributed by atoms with Crippen molar-refractivity contribution in [3.8, 4) is 34.3 Å². The third-order valence-corrected chi connectivity index (χ3v) is 4.98. The molecule has 4 aromatic rings. The van der Waals surface area contributed by atoms with Crippen molar-refractivity contribution in [1.29, 1.82) is 0 Å². The summed E-state index contributed by atoms with van der Waals surface area (Å²) in [6.45, 7) is 4.26. The molecule has 0 saturated carbocycles. The lowest BCUT2D eigenvalue weighted by Crippen LogP contribution is -1.99. The molecule has 1 aromatic heterocycles. The molecule has 1 heterocycles. The van der Waals surface area contributed by atoms with E-state index in [1.807, 2.05) is 50.2 Å². The zero-order valence-corrected chi connectivity index (χ0v) is 17.4. The number of rotatable bonds is 7. The number of aromatic nitrogens is 2. The number of H-pyrrole nitrogens is 1. The summed E-state index contributed by atoms with van der Waals surface area (Å²) in [5.41, 5.74) is 3.69. The van der Waals surface area contributed by atoms with Crippen LogP contribution in [0.4, 0.5) is 4.39 Å². The summed E-state index contributed by atoms with van der Waals surface area (Å²) < 4.78 is 25.1. The molecule has 0 spiro atoms. The summed E-state index contributed by atoms with van der Waals surface area (Å²) in [4.78, 5) is 0. The first-order valence-corrected chi connectivity index (χ1v) is 10.1. The third-order valence-electron chi connectivity index (χ3n) is 4.98. The van der Waals surface area contributed by atoms with Gasteiger partial charge in [-0.1, -0.05) is 37.3 Å². The van der Waals surface area contributed by atoms with Gasteiger partial charge in [-0.2, -0.15) is 5.10 Å². The van der Waals surface area contributed by atoms with E-state index < -0.39 is 0 Å². The highest BCUT2D eigenvalue weighted by atomic mass is 19.1. The van der Waals surface area contributed by atoms with Gasteiger partial charge in [0.1, 0.15) is 35.4 Å². The lowest BCUT2D eigenvalue weighted by atomic mass is 10.0. The maximum Gasteiger partial charge on any atom is 0.176 e. The molecule has 2 N–H and O–H groups in total. The first-order chi connectivity index (χ1) is 15.0. The highest BCUT2D eigenvalue weighted by Crippen LogP contribution is 2.41. The molecular weight excluding hydrogens is 395 g/mol. The van der Waals surface area contributed by atoms with E-state index in [2.05, 4.69) is 10.2 Å². The molecule has 0 radical (unpaired) electrons. The van der Waals surface area contributed by atoms with Crippen molar-refractivity contribution in [3.05, 3.63) is 89.4 Å². The molecule has 158 valence electrons. The Hall–Kier alpha value is -3.80. The van der Waals surface area contributed by atoms with Crippen LogP contribution in [0.25, 0.3) is 11.3 Å². The Morgan fingerprint density at radius 3 is 2.48 bits per heavy atom. The second kappa shape index (κ2) is 8.92. The molecule has 31 heavy (non-hydrogen) atoms. The number of aryl methyl sites for hydroxylation is 2. The summed E-state index contributed by atoms with van der Waals surface area (Å²) in [5.74, 6) is 1.27. The molecule has 0 unspecified atom stereocenters. The molecule has 0 aliphatic rings. The molecule has 0 aliphatic carbocycles. The van der Waals surface area contributed by atoms with Gasteiger partial charge in [-0.3, -0.25) is 5.10 Å². The normalized spacial score (nSPS) is 10.8. The minimum atomic E-state index is -0.340. The third kappa shape index (κ3) is 4.53. The molecule has 0 atom stereocenters. The number of benzene rings is 3. The van der Waals surface area contributed by atoms with E-state index in [-0.39, 0.29) is 11.6 Å². The number of hydrogen-bond acceptors (Lipinski definition) is 4. The van der Waals surface area contributed by atoms with Crippen molar-refractivity contribution in [1.82, 2.24) is 10.2 Å². The Bertz CT molecular complexity index is 1170. The number of phenolic OH excluding ortho intramolecular Hbond substituents is 1. The first kappa shape index (κ1) is 20.5. The number of phenols is 1. The van der Waals surface area contributed by atoms with Crippen LogP contribution in [0.3, 0.4) is 0 Å². The molecule has 6 heteroatoms. The summed E-state index contributed by atoms with van der Waals surface area (Å²) in [7, 11) is 0. The Kier molecular flexibility index (Phi) is 5.89. The van der Waals surface area contributed by atoms with Gasteiger partial charge in [0, 0.05) is 11.6 Å². The fourth-order valence-electron chi connectivity index (χ4n) is 3.30. The average Bonchev–Trinajstić information content (AvgIpc) is 3.14. The van der Waals surface area contributed by atoms with E-state index in [1.54, 1.807) is 18.2 Å². The lowest BCUT2D eigenvalue weighted by molar-refractivity contribution is 0.301. The van der Waals surface area contributed by atoms with Gasteiger partial charge >= 0.3 is 0 Å². The van der Waals surface area contributed by atoms with Crippen LogP contribution in [0, 0.1) is 12.7 Å².